The lowest BCUT2D eigenvalue weighted by atomic mass is 10.1. The van der Waals surface area contributed by atoms with Gasteiger partial charge in [0.25, 0.3) is 5.91 Å². The Hall–Kier alpha value is -1.55. The van der Waals surface area contributed by atoms with Crippen LogP contribution >= 0.6 is 0 Å². The summed E-state index contributed by atoms with van der Waals surface area (Å²) in [4.78, 5) is 14.4. The number of rotatable bonds is 3. The van der Waals surface area contributed by atoms with Crippen LogP contribution in [0.2, 0.25) is 0 Å². The first kappa shape index (κ1) is 9.48. The van der Waals surface area contributed by atoms with Gasteiger partial charge >= 0.3 is 0 Å². The van der Waals surface area contributed by atoms with E-state index in [9.17, 15) is 20.1 Å². The van der Waals surface area contributed by atoms with E-state index in [1.54, 1.807) is 0 Å². The zero-order chi connectivity index (χ0) is 14.4. The van der Waals surface area contributed by atoms with Gasteiger partial charge < -0.3 is 25.8 Å². The Morgan fingerprint density at radius 1 is 1.65 bits per heavy atom. The van der Waals surface area contributed by atoms with Gasteiger partial charge in [0.2, 0.25) is 5.82 Å². The summed E-state index contributed by atoms with van der Waals surface area (Å²) in [5.74, 6) is -1.21. The van der Waals surface area contributed by atoms with Crippen molar-refractivity contribution >= 4 is 5.91 Å². The molecule has 9 nitrogen and oxygen atoms in total. The lowest BCUT2D eigenvalue weighted by Crippen LogP contribution is -2.33. The third-order valence-corrected chi connectivity index (χ3v) is 2.36. The molecule has 1 aromatic rings. The van der Waals surface area contributed by atoms with Gasteiger partial charge in [0.15, 0.2) is 6.23 Å². The van der Waals surface area contributed by atoms with E-state index in [0.717, 1.165) is 11.0 Å². The Bertz CT molecular complexity index is 490. The Morgan fingerprint density at radius 2 is 2.35 bits per heavy atom. The van der Waals surface area contributed by atoms with E-state index in [1.807, 2.05) is 0 Å². The van der Waals surface area contributed by atoms with Crippen LogP contribution in [-0.2, 0) is 4.74 Å². The number of primary amides is 1. The molecule has 5 N–H and O–H groups in total. The van der Waals surface area contributed by atoms with Gasteiger partial charge in [-0.1, -0.05) is 0 Å². The summed E-state index contributed by atoms with van der Waals surface area (Å²) in [7, 11) is 0. The van der Waals surface area contributed by atoms with Crippen LogP contribution in [0, 0.1) is 0 Å². The minimum atomic E-state index is -2.84. The lowest BCUT2D eigenvalue weighted by Gasteiger charge is -2.13. The first-order chi connectivity index (χ1) is 8.71. The second kappa shape index (κ2) is 4.37. The molecule has 0 aromatic carbocycles. The highest BCUT2D eigenvalue weighted by Gasteiger charge is 2.43. The van der Waals surface area contributed by atoms with Crippen molar-refractivity contribution in [2.24, 2.45) is 5.73 Å². The Labute approximate surface area is 98.2 Å². The maximum atomic E-state index is 10.8. The zero-order valence-electron chi connectivity index (χ0n) is 10.5. The molecular formula is C8H12N4O5. The first-order valence-electron chi connectivity index (χ1n) is 5.66. The molecule has 1 aliphatic heterocycles. The second-order valence-corrected chi connectivity index (χ2v) is 3.47. The van der Waals surface area contributed by atoms with Crippen LogP contribution in [0.3, 0.4) is 0 Å². The molecule has 1 saturated heterocycles. The van der Waals surface area contributed by atoms with Crippen molar-refractivity contribution in [1.82, 2.24) is 14.8 Å². The van der Waals surface area contributed by atoms with Gasteiger partial charge in [-0.15, -0.1) is 5.10 Å². The molecule has 1 amide bonds. The molecule has 1 fully saturated rings. The van der Waals surface area contributed by atoms with E-state index in [2.05, 4.69) is 10.1 Å². The van der Waals surface area contributed by atoms with E-state index in [4.69, 9.17) is 13.2 Å². The number of hydrogen-bond acceptors (Lipinski definition) is 7. The largest absolute Gasteiger partial charge is 0.394 e. The molecule has 94 valence electrons. The summed E-state index contributed by atoms with van der Waals surface area (Å²) in [6.45, 7) is -2.84. The number of carbonyl (C=O) groups excluding carboxylic acids is 1. The average Bonchev–Trinajstić information content (AvgIpc) is 2.85. The standard InChI is InChI=1S/C8H12N4O5/c9-6(16)7-10-2-12(11-7)8-5(15)4(14)3(1-13)17-8/h2-5,8,13-15H,1H2,(H2,9,16)/t3-,4+,5?,8-/m1/s1/i1D2,9+1. The number of ether oxygens (including phenoxy) is 1. The molecule has 1 aromatic heterocycles. The predicted molar refractivity (Wildman–Crippen MR) is 51.5 cm³/mol. The van der Waals surface area contributed by atoms with Crippen LogP contribution in [-0.4, -0.2) is 60.9 Å². The fourth-order valence-electron chi connectivity index (χ4n) is 1.49. The molecule has 2 heterocycles. The minimum Gasteiger partial charge on any atom is -0.394 e. The highest BCUT2D eigenvalue weighted by atomic mass is 16.6. The summed E-state index contributed by atoms with van der Waals surface area (Å²) >= 11 is 0. The topological polar surface area (TPSA) is 144 Å². The third kappa shape index (κ3) is 2.00. The highest BCUT2D eigenvalue weighted by Crippen LogP contribution is 2.28. The van der Waals surface area contributed by atoms with Crippen LogP contribution in [0.1, 0.15) is 19.6 Å². The number of aliphatic hydroxyl groups excluding tert-OH is 2. The van der Waals surface area contributed by atoms with Crippen molar-refractivity contribution in [1.29, 1.82) is 0 Å². The Kier molecular flexibility index (Phi) is 2.44. The van der Waals surface area contributed by atoms with Gasteiger partial charge in [-0.25, -0.2) is 9.67 Å². The molecular weight excluding hydrogens is 233 g/mol. The molecule has 1 aliphatic rings. The van der Waals surface area contributed by atoms with Crippen molar-refractivity contribution in [3.63, 3.8) is 0 Å². The molecule has 0 aliphatic carbocycles. The van der Waals surface area contributed by atoms with Crippen molar-refractivity contribution in [2.75, 3.05) is 6.56 Å². The molecule has 9 heteroatoms. The number of hydrogen-bond donors (Lipinski definition) is 4. The van der Waals surface area contributed by atoms with E-state index < -0.39 is 37.0 Å². The normalized spacial score (nSPS) is 35.5. The first-order valence-corrected chi connectivity index (χ1v) is 4.66. The summed E-state index contributed by atoms with van der Waals surface area (Å²) in [5, 5.41) is 32.2. The fourth-order valence-corrected chi connectivity index (χ4v) is 1.49. The molecule has 1 unspecified atom stereocenters. The number of carbonyl (C=O) groups is 1. The van der Waals surface area contributed by atoms with Crippen LogP contribution in [0.25, 0.3) is 0 Å². The van der Waals surface area contributed by atoms with Gasteiger partial charge in [-0.05, 0) is 0 Å². The van der Waals surface area contributed by atoms with E-state index in [1.165, 1.54) is 0 Å². The zero-order valence-corrected chi connectivity index (χ0v) is 8.46. The van der Waals surface area contributed by atoms with E-state index >= 15 is 0 Å². The maximum Gasteiger partial charge on any atom is 0.288 e. The number of amides is 1. The van der Waals surface area contributed by atoms with Gasteiger partial charge in [0, 0.05) is 0 Å². The highest BCUT2D eigenvalue weighted by molar-refractivity contribution is 5.88. The van der Waals surface area contributed by atoms with Crippen LogP contribution in [0.4, 0.5) is 0 Å². The van der Waals surface area contributed by atoms with Crippen LogP contribution in [0.15, 0.2) is 6.33 Å². The van der Waals surface area contributed by atoms with Crippen molar-refractivity contribution in [2.45, 2.75) is 24.5 Å². The minimum absolute atomic E-state index is 0.319. The number of nitrogens with zero attached hydrogens (tertiary/aromatic N) is 3. The van der Waals surface area contributed by atoms with Gasteiger partial charge in [0.1, 0.15) is 24.6 Å². The van der Waals surface area contributed by atoms with Crippen LogP contribution in [0.5, 0.6) is 0 Å². The SMILES string of the molecule is [2H]C([2H])(O)[C@H]1O[C@@H](n2cnc(C([15NH2])=O)n2)C(O)[C@H]1O. The van der Waals surface area contributed by atoms with Crippen LogP contribution < -0.4 is 5.73 Å². The molecule has 4 atom stereocenters. The summed E-state index contributed by atoms with van der Waals surface area (Å²) < 4.78 is 20.1. The number of nitrogens with two attached hydrogens (primary N) is 1. The fraction of sp³-hybridized carbons (Fsp3) is 0.625. The van der Waals surface area contributed by atoms with Crippen molar-refractivity contribution < 1.29 is 27.6 Å². The number of aromatic nitrogens is 3. The van der Waals surface area contributed by atoms with Gasteiger partial charge in [0.05, 0.1) is 9.30 Å². The molecule has 0 saturated carbocycles. The molecule has 0 bridgehead atoms. The summed E-state index contributed by atoms with van der Waals surface area (Å²) in [6, 6.07) is 0. The average molecular weight is 247 g/mol. The van der Waals surface area contributed by atoms with Crippen molar-refractivity contribution in [3.8, 4) is 0 Å². The second-order valence-electron chi connectivity index (χ2n) is 3.47. The third-order valence-electron chi connectivity index (χ3n) is 2.36. The Balaban J connectivity index is 2.24. The van der Waals surface area contributed by atoms with Gasteiger partial charge in [-0.3, -0.25) is 4.79 Å². The summed E-state index contributed by atoms with van der Waals surface area (Å²) in [6.07, 6.45) is -5.12. The van der Waals surface area contributed by atoms with Gasteiger partial charge in [-0.2, -0.15) is 0 Å². The molecule has 0 radical (unpaired) electrons. The quantitative estimate of drug-likeness (QED) is 0.416. The number of aliphatic hydroxyl groups is 3. The summed E-state index contributed by atoms with van der Waals surface area (Å²) in [5.41, 5.74) is 4.95. The van der Waals surface area contributed by atoms with Crippen molar-refractivity contribution in [3.05, 3.63) is 12.2 Å². The lowest BCUT2D eigenvalue weighted by molar-refractivity contribution is -0.0588. The smallest absolute Gasteiger partial charge is 0.288 e. The Morgan fingerprint density at radius 3 is 2.82 bits per heavy atom. The maximum absolute atomic E-state index is 10.8. The predicted octanol–water partition coefficient (Wildman–Crippen LogP) is -3.01. The molecule has 17 heavy (non-hydrogen) atoms. The monoisotopic (exact) mass is 247 g/mol. The molecule has 0 spiro atoms. The van der Waals surface area contributed by atoms with E-state index in [0.29, 0.717) is 0 Å². The van der Waals surface area contributed by atoms with E-state index in [-0.39, 0.29) is 5.82 Å². The molecule has 2 rings (SSSR count).